The number of benzene rings is 1. The van der Waals surface area contributed by atoms with Gasteiger partial charge in [-0.1, -0.05) is 24.2 Å². The summed E-state index contributed by atoms with van der Waals surface area (Å²) in [6.45, 7) is 5.66. The van der Waals surface area contributed by atoms with Crippen LogP contribution >= 0.6 is 0 Å². The van der Waals surface area contributed by atoms with E-state index in [-0.39, 0.29) is 24.7 Å². The molecule has 3 rings (SSSR count). The quantitative estimate of drug-likeness (QED) is 0.502. The number of aromatic nitrogens is 4. The molecule has 0 radical (unpaired) electrons. The lowest BCUT2D eigenvalue weighted by Crippen LogP contribution is -2.26. The SMILES string of the molecule is CCCOC(=O)n1cc(NC(=O)CCN(C=O)c2cccc(-c3noc(C)n3)c2)nc1C. The third-order valence-corrected chi connectivity index (χ3v) is 4.45. The molecule has 0 saturated heterocycles. The first-order valence-electron chi connectivity index (χ1n) is 10.1. The van der Waals surface area contributed by atoms with Crippen LogP contribution in [0.15, 0.2) is 35.0 Å². The van der Waals surface area contributed by atoms with Crippen LogP contribution in [-0.4, -0.2) is 51.3 Å². The van der Waals surface area contributed by atoms with Crippen LogP contribution in [0.5, 0.6) is 0 Å². The van der Waals surface area contributed by atoms with Gasteiger partial charge in [0.2, 0.25) is 24.0 Å². The number of hydrogen-bond acceptors (Lipinski definition) is 8. The summed E-state index contributed by atoms with van der Waals surface area (Å²) in [7, 11) is 0. The van der Waals surface area contributed by atoms with Crippen molar-refractivity contribution in [3.05, 3.63) is 42.2 Å². The smallest absolute Gasteiger partial charge is 0.419 e. The molecule has 1 aromatic carbocycles. The largest absolute Gasteiger partial charge is 0.449 e. The molecule has 2 aromatic heterocycles. The van der Waals surface area contributed by atoms with Gasteiger partial charge in [-0.05, 0) is 25.5 Å². The molecule has 32 heavy (non-hydrogen) atoms. The minimum absolute atomic E-state index is 0.0243. The van der Waals surface area contributed by atoms with E-state index < -0.39 is 6.09 Å². The van der Waals surface area contributed by atoms with Crippen molar-refractivity contribution in [1.82, 2.24) is 19.7 Å². The van der Waals surface area contributed by atoms with Crippen LogP contribution in [0.3, 0.4) is 0 Å². The Morgan fingerprint density at radius 3 is 2.78 bits per heavy atom. The molecule has 0 aliphatic carbocycles. The van der Waals surface area contributed by atoms with Crippen LogP contribution in [0.4, 0.5) is 16.3 Å². The van der Waals surface area contributed by atoms with Crippen LogP contribution in [0.25, 0.3) is 11.4 Å². The number of nitrogens with one attached hydrogen (secondary N) is 1. The van der Waals surface area contributed by atoms with Gasteiger partial charge in [-0.2, -0.15) is 4.98 Å². The molecule has 11 heteroatoms. The van der Waals surface area contributed by atoms with Crippen molar-refractivity contribution in [2.75, 3.05) is 23.4 Å². The van der Waals surface area contributed by atoms with E-state index in [2.05, 4.69) is 20.4 Å². The lowest BCUT2D eigenvalue weighted by atomic mass is 10.1. The van der Waals surface area contributed by atoms with E-state index in [1.165, 1.54) is 15.7 Å². The predicted octanol–water partition coefficient (Wildman–Crippen LogP) is 2.94. The fraction of sp³-hybridized carbons (Fsp3) is 0.333. The molecule has 0 aliphatic rings. The van der Waals surface area contributed by atoms with E-state index in [9.17, 15) is 14.4 Å². The summed E-state index contributed by atoms with van der Waals surface area (Å²) in [5.74, 6) is 1.12. The van der Waals surface area contributed by atoms with Gasteiger partial charge in [0.05, 0.1) is 12.8 Å². The third kappa shape index (κ3) is 5.56. The molecule has 168 valence electrons. The van der Waals surface area contributed by atoms with Crippen molar-refractivity contribution < 1.29 is 23.6 Å². The van der Waals surface area contributed by atoms with E-state index in [1.807, 2.05) is 6.92 Å². The summed E-state index contributed by atoms with van der Waals surface area (Å²) in [5, 5.41) is 6.50. The highest BCUT2D eigenvalue weighted by molar-refractivity contribution is 5.91. The van der Waals surface area contributed by atoms with Crippen LogP contribution in [0, 0.1) is 13.8 Å². The Balaban J connectivity index is 1.60. The molecule has 0 bridgehead atoms. The average Bonchev–Trinajstić information content (AvgIpc) is 3.38. The first kappa shape index (κ1) is 22.7. The second-order valence-electron chi connectivity index (χ2n) is 6.94. The number of amides is 2. The number of aryl methyl sites for hydroxylation is 2. The summed E-state index contributed by atoms with van der Waals surface area (Å²) < 4.78 is 11.3. The second-order valence-corrected chi connectivity index (χ2v) is 6.94. The van der Waals surface area contributed by atoms with Gasteiger partial charge in [0, 0.05) is 31.1 Å². The summed E-state index contributed by atoms with van der Waals surface area (Å²) in [4.78, 5) is 45.7. The van der Waals surface area contributed by atoms with Crippen LogP contribution in [0.1, 0.15) is 31.5 Å². The first-order chi connectivity index (χ1) is 15.4. The van der Waals surface area contributed by atoms with Gasteiger partial charge in [0.25, 0.3) is 0 Å². The maximum atomic E-state index is 12.4. The van der Waals surface area contributed by atoms with Crippen molar-refractivity contribution in [1.29, 1.82) is 0 Å². The predicted molar refractivity (Wildman–Crippen MR) is 115 cm³/mol. The molecule has 2 amide bonds. The molecular formula is C21H24N6O5. The zero-order valence-electron chi connectivity index (χ0n) is 18.1. The molecule has 0 aliphatic heterocycles. The highest BCUT2D eigenvalue weighted by atomic mass is 16.5. The molecule has 1 N–H and O–H groups in total. The lowest BCUT2D eigenvalue weighted by molar-refractivity contribution is -0.116. The Morgan fingerprint density at radius 1 is 1.28 bits per heavy atom. The number of hydrogen-bond donors (Lipinski definition) is 1. The molecule has 0 unspecified atom stereocenters. The fourth-order valence-electron chi connectivity index (χ4n) is 2.89. The Bertz CT molecular complexity index is 1110. The van der Waals surface area contributed by atoms with Gasteiger partial charge in [-0.25, -0.2) is 14.3 Å². The van der Waals surface area contributed by atoms with E-state index in [0.29, 0.717) is 48.2 Å². The molecule has 0 spiro atoms. The van der Waals surface area contributed by atoms with Crippen LogP contribution in [0.2, 0.25) is 0 Å². The lowest BCUT2D eigenvalue weighted by Gasteiger charge is -2.17. The Hall–Kier alpha value is -4.02. The molecule has 2 heterocycles. The van der Waals surface area contributed by atoms with Gasteiger partial charge >= 0.3 is 6.09 Å². The third-order valence-electron chi connectivity index (χ3n) is 4.45. The van der Waals surface area contributed by atoms with Gasteiger partial charge in [0.1, 0.15) is 5.82 Å². The number of anilines is 2. The number of imidazole rings is 1. The number of nitrogens with zero attached hydrogens (tertiary/aromatic N) is 5. The summed E-state index contributed by atoms with van der Waals surface area (Å²) >= 11 is 0. The summed E-state index contributed by atoms with van der Waals surface area (Å²) in [5.41, 5.74) is 1.28. The normalized spacial score (nSPS) is 10.6. The van der Waals surface area contributed by atoms with Gasteiger partial charge in [0.15, 0.2) is 5.82 Å². The maximum Gasteiger partial charge on any atom is 0.419 e. The van der Waals surface area contributed by atoms with Crippen molar-refractivity contribution >= 4 is 29.9 Å². The van der Waals surface area contributed by atoms with E-state index in [1.54, 1.807) is 38.1 Å². The Kier molecular flexibility index (Phi) is 7.32. The summed E-state index contributed by atoms with van der Waals surface area (Å²) in [6.07, 6.45) is 2.22. The zero-order chi connectivity index (χ0) is 23.1. The van der Waals surface area contributed by atoms with Crippen molar-refractivity contribution in [3.63, 3.8) is 0 Å². The van der Waals surface area contributed by atoms with Gasteiger partial charge in [-0.3, -0.25) is 9.59 Å². The van der Waals surface area contributed by atoms with Crippen LogP contribution < -0.4 is 10.2 Å². The Morgan fingerprint density at radius 2 is 2.09 bits per heavy atom. The molecule has 11 nitrogen and oxygen atoms in total. The minimum Gasteiger partial charge on any atom is -0.449 e. The van der Waals surface area contributed by atoms with E-state index in [0.717, 1.165) is 0 Å². The molecule has 0 atom stereocenters. The number of ether oxygens (including phenoxy) is 1. The number of carbonyl (C=O) groups is 3. The monoisotopic (exact) mass is 440 g/mol. The second kappa shape index (κ2) is 10.3. The highest BCUT2D eigenvalue weighted by Gasteiger charge is 2.15. The fourth-order valence-corrected chi connectivity index (χ4v) is 2.89. The van der Waals surface area contributed by atoms with Crippen molar-refractivity contribution in [2.24, 2.45) is 0 Å². The van der Waals surface area contributed by atoms with E-state index >= 15 is 0 Å². The van der Waals surface area contributed by atoms with Crippen LogP contribution in [-0.2, 0) is 14.3 Å². The topological polar surface area (TPSA) is 132 Å². The average molecular weight is 440 g/mol. The van der Waals surface area contributed by atoms with Gasteiger partial charge < -0.3 is 19.5 Å². The number of carbonyl (C=O) groups excluding carboxylic acids is 3. The zero-order valence-corrected chi connectivity index (χ0v) is 18.1. The minimum atomic E-state index is -0.554. The van der Waals surface area contributed by atoms with Gasteiger partial charge in [-0.15, -0.1) is 0 Å². The Labute approximate surface area is 184 Å². The molecule has 0 saturated carbocycles. The van der Waals surface area contributed by atoms with E-state index in [4.69, 9.17) is 9.26 Å². The summed E-state index contributed by atoms with van der Waals surface area (Å²) in [6, 6.07) is 7.05. The molecule has 0 fully saturated rings. The highest BCUT2D eigenvalue weighted by Crippen LogP contribution is 2.22. The maximum absolute atomic E-state index is 12.4. The first-order valence-corrected chi connectivity index (χ1v) is 10.1. The van der Waals surface area contributed by atoms with Crippen molar-refractivity contribution in [3.8, 4) is 11.4 Å². The molecular weight excluding hydrogens is 416 g/mol. The standard InChI is InChI=1S/C21H24N6O5/c1-4-10-31-21(30)27-12-18(22-14(27)2)24-19(29)8-9-26(13-28)17-7-5-6-16(11-17)20-23-15(3)32-25-20/h5-7,11-13H,4,8-10H2,1-3H3,(H,24,29). The van der Waals surface area contributed by atoms with Crippen molar-refractivity contribution in [2.45, 2.75) is 33.6 Å². The number of rotatable bonds is 9. The molecule has 3 aromatic rings.